The number of likely N-dealkylation sites (tertiary alicyclic amines) is 4. The molecule has 0 aromatic rings. The Labute approximate surface area is 287 Å². The Hall–Kier alpha value is 0.0300. The molecule has 6 aliphatic rings. The lowest BCUT2D eigenvalue weighted by Crippen LogP contribution is -2.58. The van der Waals surface area contributed by atoms with Gasteiger partial charge >= 0.3 is 0 Å². The van der Waals surface area contributed by atoms with E-state index in [2.05, 4.69) is 61.7 Å². The van der Waals surface area contributed by atoms with E-state index in [1.54, 1.807) is 0 Å². The lowest BCUT2D eigenvalue weighted by molar-refractivity contribution is -0.00411. The molecule has 6 rings (SSSR count). The molecule has 1 N–H and O–H groups in total. The fraction of sp³-hybridized carbons (Fsp3) is 1.00. The molecular formula is C37H71N7OS. The first kappa shape index (κ1) is 35.8. The van der Waals surface area contributed by atoms with Gasteiger partial charge in [0.05, 0.1) is 18.6 Å². The zero-order valence-electron chi connectivity index (χ0n) is 30.3. The second kappa shape index (κ2) is 17.8. The second-order valence-corrected chi connectivity index (χ2v) is 17.1. The van der Waals surface area contributed by atoms with Gasteiger partial charge in [0.25, 0.3) is 0 Å². The van der Waals surface area contributed by atoms with E-state index in [0.717, 1.165) is 50.5 Å². The molecule has 0 aliphatic carbocycles. The third-order valence-electron chi connectivity index (χ3n) is 13.3. The minimum absolute atomic E-state index is 0.644. The third-order valence-corrected chi connectivity index (χ3v) is 14.3. The van der Waals surface area contributed by atoms with Crippen LogP contribution in [0.15, 0.2) is 0 Å². The summed E-state index contributed by atoms with van der Waals surface area (Å²) in [5, 5.41) is 4.60. The monoisotopic (exact) mass is 662 g/mol. The molecule has 6 saturated heterocycles. The van der Waals surface area contributed by atoms with Gasteiger partial charge in [-0.05, 0) is 124 Å². The van der Waals surface area contributed by atoms with Crippen LogP contribution in [0.2, 0.25) is 0 Å². The number of nitrogens with one attached hydrogen (secondary N) is 1. The molecule has 5 unspecified atom stereocenters. The van der Waals surface area contributed by atoms with Crippen molar-refractivity contribution in [1.82, 2.24) is 34.7 Å². The van der Waals surface area contributed by atoms with Crippen LogP contribution >= 0.6 is 11.8 Å². The molecule has 0 saturated carbocycles. The molecule has 0 radical (unpaired) electrons. The average Bonchev–Trinajstić information content (AvgIpc) is 3.12. The number of piperidine rings is 4. The quantitative estimate of drug-likeness (QED) is 0.353. The van der Waals surface area contributed by atoms with E-state index in [1.807, 2.05) is 11.8 Å². The van der Waals surface area contributed by atoms with E-state index in [9.17, 15) is 0 Å². The number of hydrogen-bond donors (Lipinski definition) is 1. The smallest absolute Gasteiger partial charge is 0.0594 e. The minimum Gasteiger partial charge on any atom is -0.379 e. The van der Waals surface area contributed by atoms with Crippen molar-refractivity contribution in [2.75, 3.05) is 98.0 Å². The van der Waals surface area contributed by atoms with Crippen LogP contribution in [0.5, 0.6) is 0 Å². The Balaban J connectivity index is 0.906. The number of nitrogens with zero attached hydrogens (tertiary/aromatic N) is 6. The van der Waals surface area contributed by atoms with E-state index in [4.69, 9.17) is 4.74 Å². The summed E-state index contributed by atoms with van der Waals surface area (Å²) in [5.74, 6) is 0. The summed E-state index contributed by atoms with van der Waals surface area (Å²) < 4.78 is 5.59. The van der Waals surface area contributed by atoms with Gasteiger partial charge in [0.2, 0.25) is 0 Å². The summed E-state index contributed by atoms with van der Waals surface area (Å²) >= 11 is 2.01. The standard InChI is InChI=1S/C37H71N7OS/c1-30(39-16-8-34(9-17-39)42-23-25-45-26-24-42)27-33-29-43(22-14-38-33)35-10-18-40(19-11-35)31(2)28-37-7-5-6-15-44(37)36-12-20-41(21-13-36)32(3)46-4/h30-38H,5-29H2,1-4H3. The summed E-state index contributed by atoms with van der Waals surface area (Å²) in [5.41, 5.74) is 0. The molecular weight excluding hydrogens is 591 g/mol. The van der Waals surface area contributed by atoms with Crippen molar-refractivity contribution in [2.45, 2.75) is 139 Å². The van der Waals surface area contributed by atoms with Gasteiger partial charge in [-0.2, -0.15) is 0 Å². The van der Waals surface area contributed by atoms with Crippen molar-refractivity contribution in [3.05, 3.63) is 0 Å². The predicted molar refractivity (Wildman–Crippen MR) is 195 cm³/mol. The van der Waals surface area contributed by atoms with Crippen molar-refractivity contribution in [3.63, 3.8) is 0 Å². The Morgan fingerprint density at radius 2 is 1.22 bits per heavy atom. The maximum Gasteiger partial charge on any atom is 0.0594 e. The fourth-order valence-corrected chi connectivity index (χ4v) is 10.8. The van der Waals surface area contributed by atoms with Gasteiger partial charge < -0.3 is 19.9 Å². The van der Waals surface area contributed by atoms with Gasteiger partial charge in [0.1, 0.15) is 0 Å². The average molecular weight is 662 g/mol. The number of rotatable bonds is 11. The molecule has 6 fully saturated rings. The van der Waals surface area contributed by atoms with E-state index in [1.165, 1.54) is 136 Å². The largest absolute Gasteiger partial charge is 0.379 e. The zero-order valence-corrected chi connectivity index (χ0v) is 31.1. The van der Waals surface area contributed by atoms with Gasteiger partial charge in [0.15, 0.2) is 0 Å². The van der Waals surface area contributed by atoms with Crippen molar-refractivity contribution in [1.29, 1.82) is 0 Å². The van der Waals surface area contributed by atoms with Gasteiger partial charge in [-0.1, -0.05) is 6.42 Å². The summed E-state index contributed by atoms with van der Waals surface area (Å²) in [6, 6.07) is 5.22. The topological polar surface area (TPSA) is 40.7 Å². The molecule has 6 heterocycles. The zero-order chi connectivity index (χ0) is 31.9. The van der Waals surface area contributed by atoms with Crippen molar-refractivity contribution < 1.29 is 4.74 Å². The minimum atomic E-state index is 0.644. The van der Waals surface area contributed by atoms with Crippen molar-refractivity contribution in [2.24, 2.45) is 0 Å². The van der Waals surface area contributed by atoms with Crippen LogP contribution < -0.4 is 5.32 Å². The molecule has 5 atom stereocenters. The molecule has 6 aliphatic heterocycles. The van der Waals surface area contributed by atoms with Crippen LogP contribution in [-0.4, -0.2) is 175 Å². The van der Waals surface area contributed by atoms with Gasteiger partial charge in [-0.25, -0.2) is 0 Å². The third kappa shape index (κ3) is 9.42. The molecule has 0 spiro atoms. The van der Waals surface area contributed by atoms with Crippen LogP contribution in [0.1, 0.15) is 91.4 Å². The van der Waals surface area contributed by atoms with E-state index < -0.39 is 0 Å². The van der Waals surface area contributed by atoms with Gasteiger partial charge in [-0.15, -0.1) is 11.8 Å². The first-order valence-electron chi connectivity index (χ1n) is 19.8. The maximum atomic E-state index is 5.59. The molecule has 0 aromatic carbocycles. The van der Waals surface area contributed by atoms with E-state index >= 15 is 0 Å². The maximum absolute atomic E-state index is 5.59. The second-order valence-electron chi connectivity index (χ2n) is 16.0. The summed E-state index contributed by atoms with van der Waals surface area (Å²) in [7, 11) is 0. The van der Waals surface area contributed by atoms with E-state index in [0.29, 0.717) is 23.5 Å². The van der Waals surface area contributed by atoms with Crippen LogP contribution in [-0.2, 0) is 4.74 Å². The lowest BCUT2D eigenvalue weighted by atomic mass is 9.90. The fourth-order valence-electron chi connectivity index (χ4n) is 10.3. The number of piperazine rings is 1. The van der Waals surface area contributed by atoms with Crippen LogP contribution in [0, 0.1) is 0 Å². The molecule has 0 amide bonds. The number of hydrogen-bond acceptors (Lipinski definition) is 9. The van der Waals surface area contributed by atoms with E-state index in [-0.39, 0.29) is 0 Å². The van der Waals surface area contributed by atoms with Gasteiger partial charge in [-0.3, -0.25) is 19.6 Å². The Morgan fingerprint density at radius 3 is 1.87 bits per heavy atom. The SMILES string of the molecule is CSC(C)N1CCC(N2CCCCC2CC(C)N2CCC(N3CCNC(CC(C)N4CCC(N5CCOCC5)CC4)C3)CC2)CC1. The highest BCUT2D eigenvalue weighted by atomic mass is 32.2. The molecule has 9 heteroatoms. The van der Waals surface area contributed by atoms with Crippen LogP contribution in [0.3, 0.4) is 0 Å². The van der Waals surface area contributed by atoms with Crippen LogP contribution in [0.25, 0.3) is 0 Å². The lowest BCUT2D eigenvalue weighted by Gasteiger charge is -2.48. The van der Waals surface area contributed by atoms with Crippen molar-refractivity contribution >= 4 is 11.8 Å². The molecule has 46 heavy (non-hydrogen) atoms. The molecule has 266 valence electrons. The summed E-state index contributed by atoms with van der Waals surface area (Å²) in [6.45, 7) is 24.3. The Bertz CT molecular complexity index is 870. The molecule has 0 aromatic heterocycles. The summed E-state index contributed by atoms with van der Waals surface area (Å²) in [4.78, 5) is 16.9. The Kier molecular flexibility index (Phi) is 13.9. The molecule has 8 nitrogen and oxygen atoms in total. The van der Waals surface area contributed by atoms with Gasteiger partial charge in [0, 0.05) is 88.1 Å². The number of morpholine rings is 1. The molecule has 0 bridgehead atoms. The predicted octanol–water partition coefficient (Wildman–Crippen LogP) is 4.11. The van der Waals surface area contributed by atoms with Crippen LogP contribution in [0.4, 0.5) is 0 Å². The normalized spacial score (nSPS) is 32.9. The summed E-state index contributed by atoms with van der Waals surface area (Å²) in [6.07, 6.45) is 17.4. The highest BCUT2D eigenvalue weighted by Crippen LogP contribution is 2.31. The highest BCUT2D eigenvalue weighted by Gasteiger charge is 2.36. The number of ether oxygens (including phenoxy) is 1. The van der Waals surface area contributed by atoms with Crippen molar-refractivity contribution in [3.8, 4) is 0 Å². The highest BCUT2D eigenvalue weighted by molar-refractivity contribution is 7.99. The first-order chi connectivity index (χ1) is 22.5. The first-order valence-corrected chi connectivity index (χ1v) is 21.1. The number of thioether (sulfide) groups is 1. The Morgan fingerprint density at radius 1 is 0.630 bits per heavy atom.